The van der Waals surface area contributed by atoms with Crippen LogP contribution >= 0.6 is 0 Å². The van der Waals surface area contributed by atoms with Crippen molar-refractivity contribution in [3.05, 3.63) is 59.7 Å². The quantitative estimate of drug-likeness (QED) is 0.640. The summed E-state index contributed by atoms with van der Waals surface area (Å²) in [7, 11) is -4.70. The molecule has 3 unspecified atom stereocenters. The second-order valence-corrected chi connectivity index (χ2v) is 10.4. The molecule has 3 atom stereocenters. The zero-order chi connectivity index (χ0) is 22.5. The van der Waals surface area contributed by atoms with Gasteiger partial charge < -0.3 is 14.7 Å². The fourth-order valence-electron chi connectivity index (χ4n) is 5.31. The normalized spacial score (nSPS) is 26.9. The van der Waals surface area contributed by atoms with E-state index < -0.39 is 37.9 Å². The number of benzene rings is 2. The van der Waals surface area contributed by atoms with Gasteiger partial charge in [-0.3, -0.25) is 4.79 Å². The predicted octanol–water partition coefficient (Wildman–Crippen LogP) is 2.83. The number of hydrogen-bond donors (Lipinski definition) is 1. The van der Waals surface area contributed by atoms with Crippen LogP contribution in [0.25, 0.3) is 0 Å². The largest absolute Gasteiger partial charge is 0.493 e. The van der Waals surface area contributed by atoms with Gasteiger partial charge in [-0.1, -0.05) is 36.4 Å². The first-order chi connectivity index (χ1) is 15.4. The second kappa shape index (κ2) is 7.83. The molecule has 0 amide bonds. The number of para-hydroxylation sites is 1. The van der Waals surface area contributed by atoms with Crippen LogP contribution in [0.5, 0.6) is 5.75 Å². The third-order valence-electron chi connectivity index (χ3n) is 7.00. The van der Waals surface area contributed by atoms with Crippen LogP contribution in [0.1, 0.15) is 29.9 Å². The minimum Gasteiger partial charge on any atom is -0.493 e. The lowest BCUT2D eigenvalue weighted by Gasteiger charge is -2.23. The Labute approximate surface area is 186 Å². The highest BCUT2D eigenvalue weighted by Gasteiger charge is 2.79. The Balaban J connectivity index is 1.49. The number of carboxylic acids is 1. The molecule has 7 nitrogen and oxygen atoms in total. The van der Waals surface area contributed by atoms with Gasteiger partial charge in [-0.2, -0.15) is 0 Å². The molecule has 2 aliphatic heterocycles. The van der Waals surface area contributed by atoms with Crippen LogP contribution < -0.4 is 4.74 Å². The van der Waals surface area contributed by atoms with E-state index in [2.05, 4.69) is 4.90 Å². The molecule has 0 radical (unpaired) electrons. The summed E-state index contributed by atoms with van der Waals surface area (Å²) in [6.07, 6.45) is 2.68. The number of carbonyl (C=O) groups is 1. The highest BCUT2D eigenvalue weighted by molar-refractivity contribution is 7.89. The highest BCUT2D eigenvalue weighted by atomic mass is 32.2. The van der Waals surface area contributed by atoms with Crippen LogP contribution in [0.15, 0.2) is 53.4 Å². The fourth-order valence-corrected chi connectivity index (χ4v) is 6.96. The van der Waals surface area contributed by atoms with Gasteiger partial charge in [-0.15, -0.1) is 4.48 Å². The number of halogens is 1. The van der Waals surface area contributed by atoms with Gasteiger partial charge in [0.1, 0.15) is 5.75 Å². The monoisotopic (exact) mass is 460 g/mol. The molecule has 2 aromatic carbocycles. The Kier molecular flexibility index (Phi) is 5.22. The van der Waals surface area contributed by atoms with Gasteiger partial charge in [0.15, 0.2) is 5.54 Å². The smallest absolute Gasteiger partial charge is 0.329 e. The zero-order valence-electron chi connectivity index (χ0n) is 17.5. The summed E-state index contributed by atoms with van der Waals surface area (Å²) in [6.45, 7) is 2.56. The summed E-state index contributed by atoms with van der Waals surface area (Å²) < 4.78 is 47.9. The molecular formula is C23H25FN2O5S. The van der Waals surface area contributed by atoms with E-state index in [1.165, 1.54) is 12.1 Å². The molecule has 0 aromatic heterocycles. The highest BCUT2D eigenvalue weighted by Crippen LogP contribution is 2.66. The van der Waals surface area contributed by atoms with Gasteiger partial charge in [-0.25, -0.2) is 8.42 Å². The summed E-state index contributed by atoms with van der Waals surface area (Å²) in [5.74, 6) is -2.64. The van der Waals surface area contributed by atoms with Crippen LogP contribution in [-0.2, 0) is 21.2 Å². The maximum atomic E-state index is 15.9. The number of rotatable bonds is 7. The lowest BCUT2D eigenvalue weighted by atomic mass is 10.0. The van der Waals surface area contributed by atoms with E-state index in [1.807, 2.05) is 0 Å². The molecule has 3 aliphatic rings. The van der Waals surface area contributed by atoms with Crippen molar-refractivity contribution >= 4 is 16.0 Å². The number of carboxylic acid groups (broad SMARTS) is 1. The minimum absolute atomic E-state index is 0.0550. The lowest BCUT2D eigenvalue weighted by Crippen LogP contribution is -2.45. The van der Waals surface area contributed by atoms with Gasteiger partial charge in [0.25, 0.3) is 10.0 Å². The van der Waals surface area contributed by atoms with Crippen LogP contribution in [0.3, 0.4) is 0 Å². The van der Waals surface area contributed by atoms with Crippen molar-refractivity contribution in [1.82, 2.24) is 9.43 Å². The molecule has 1 aliphatic carbocycles. The maximum absolute atomic E-state index is 15.9. The Morgan fingerprint density at radius 3 is 2.59 bits per heavy atom. The first-order valence-corrected chi connectivity index (χ1v) is 12.3. The molecule has 32 heavy (non-hydrogen) atoms. The SMILES string of the molecule is O=C(O)C1(N(F)S(=O)(=O)c2ccccc2CCN2CCCC2)C2COc3ccccc3C21. The number of ether oxygens (including phenoxy) is 1. The van der Waals surface area contributed by atoms with E-state index in [1.54, 1.807) is 36.4 Å². The van der Waals surface area contributed by atoms with Crippen molar-refractivity contribution in [2.45, 2.75) is 35.6 Å². The van der Waals surface area contributed by atoms with E-state index >= 15 is 4.48 Å². The zero-order valence-corrected chi connectivity index (χ0v) is 18.3. The van der Waals surface area contributed by atoms with E-state index in [4.69, 9.17) is 4.74 Å². The van der Waals surface area contributed by atoms with Gasteiger partial charge in [0.05, 0.1) is 11.5 Å². The van der Waals surface area contributed by atoms with Crippen LogP contribution in [0.4, 0.5) is 4.48 Å². The van der Waals surface area contributed by atoms with Gasteiger partial charge in [-0.05, 0) is 54.6 Å². The van der Waals surface area contributed by atoms with E-state index in [9.17, 15) is 18.3 Å². The van der Waals surface area contributed by atoms with E-state index in [0.29, 0.717) is 29.8 Å². The Hall–Kier alpha value is -2.49. The molecular weight excluding hydrogens is 435 g/mol. The number of hydrogen-bond acceptors (Lipinski definition) is 5. The third-order valence-corrected chi connectivity index (χ3v) is 8.67. The summed E-state index contributed by atoms with van der Waals surface area (Å²) in [6, 6.07) is 13.1. The molecule has 0 bridgehead atoms. The van der Waals surface area contributed by atoms with Gasteiger partial charge in [0.2, 0.25) is 0 Å². The Bertz CT molecular complexity index is 1150. The first kappa shape index (κ1) is 21.4. The molecule has 1 N–H and O–H groups in total. The summed E-state index contributed by atoms with van der Waals surface area (Å²) in [5, 5.41) is 10.0. The molecule has 1 saturated carbocycles. The van der Waals surface area contributed by atoms with E-state index in [-0.39, 0.29) is 11.5 Å². The van der Waals surface area contributed by atoms with Gasteiger partial charge in [0, 0.05) is 23.9 Å². The van der Waals surface area contributed by atoms with Crippen LogP contribution in [-0.4, -0.2) is 60.7 Å². The average molecular weight is 461 g/mol. The number of nitrogens with zero attached hydrogens (tertiary/aromatic N) is 2. The second-order valence-electron chi connectivity index (χ2n) is 8.69. The fraction of sp³-hybridized carbons (Fsp3) is 0.435. The molecule has 9 heteroatoms. The minimum atomic E-state index is -4.70. The lowest BCUT2D eigenvalue weighted by molar-refractivity contribution is -0.149. The maximum Gasteiger partial charge on any atom is 0.329 e. The third kappa shape index (κ3) is 3.14. The van der Waals surface area contributed by atoms with Crippen LogP contribution in [0.2, 0.25) is 0 Å². The average Bonchev–Trinajstić information content (AvgIpc) is 3.21. The first-order valence-electron chi connectivity index (χ1n) is 10.8. The van der Waals surface area contributed by atoms with Crippen molar-refractivity contribution in [2.75, 3.05) is 26.2 Å². The number of fused-ring (bicyclic) bond motifs is 3. The number of sulfonamides is 1. The van der Waals surface area contributed by atoms with E-state index in [0.717, 1.165) is 25.9 Å². The Morgan fingerprint density at radius 1 is 1.16 bits per heavy atom. The van der Waals surface area contributed by atoms with Crippen molar-refractivity contribution in [3.8, 4) is 5.75 Å². The molecule has 2 aromatic rings. The standard InChI is InChI=1S/C23H25FN2O5S/c24-26(23(22(27)28)18-15-31-19-9-3-2-8-17(19)21(18)23)32(29,30)20-10-4-1-7-16(20)11-14-25-12-5-6-13-25/h1-4,7-10,18,21H,5-6,11-15H2,(H,27,28). The molecule has 170 valence electrons. The molecule has 5 rings (SSSR count). The predicted molar refractivity (Wildman–Crippen MR) is 114 cm³/mol. The summed E-state index contributed by atoms with van der Waals surface area (Å²) in [5.41, 5.74) is -1.21. The van der Waals surface area contributed by atoms with Crippen molar-refractivity contribution in [1.29, 1.82) is 0 Å². The van der Waals surface area contributed by atoms with Crippen LogP contribution in [0, 0.1) is 5.92 Å². The topological polar surface area (TPSA) is 87.2 Å². The summed E-state index contributed by atoms with van der Waals surface area (Å²) in [4.78, 5) is 14.4. The number of aliphatic carboxylic acids is 1. The molecule has 2 fully saturated rings. The Morgan fingerprint density at radius 2 is 1.84 bits per heavy atom. The van der Waals surface area contributed by atoms with Crippen molar-refractivity contribution in [3.63, 3.8) is 0 Å². The summed E-state index contributed by atoms with van der Waals surface area (Å²) >= 11 is 0. The molecule has 0 spiro atoms. The van der Waals surface area contributed by atoms with Crippen molar-refractivity contribution in [2.24, 2.45) is 5.92 Å². The van der Waals surface area contributed by atoms with Crippen molar-refractivity contribution < 1.29 is 27.5 Å². The molecule has 2 heterocycles. The molecule has 1 saturated heterocycles. The van der Waals surface area contributed by atoms with Gasteiger partial charge >= 0.3 is 5.97 Å². The number of likely N-dealkylation sites (tertiary alicyclic amines) is 1.